The highest BCUT2D eigenvalue weighted by Gasteiger charge is 2.31. The van der Waals surface area contributed by atoms with E-state index in [1.54, 1.807) is 0 Å². The van der Waals surface area contributed by atoms with Crippen LogP contribution in [0.4, 0.5) is 0 Å². The van der Waals surface area contributed by atoms with Crippen LogP contribution in [-0.2, 0) is 4.74 Å². The highest BCUT2D eigenvalue weighted by molar-refractivity contribution is 4.87. The summed E-state index contributed by atoms with van der Waals surface area (Å²) >= 11 is 0. The van der Waals surface area contributed by atoms with Crippen LogP contribution < -0.4 is 0 Å². The van der Waals surface area contributed by atoms with Crippen LogP contribution >= 0.6 is 0 Å². The van der Waals surface area contributed by atoms with Gasteiger partial charge in [-0.15, -0.1) is 0 Å². The highest BCUT2D eigenvalue weighted by Crippen LogP contribution is 2.23. The Kier molecular flexibility index (Phi) is 3.36. The molecule has 1 saturated heterocycles. The van der Waals surface area contributed by atoms with Gasteiger partial charge in [-0.3, -0.25) is 4.90 Å². The molecule has 0 aromatic carbocycles. The quantitative estimate of drug-likeness (QED) is 0.651. The van der Waals surface area contributed by atoms with Gasteiger partial charge in [-0.1, -0.05) is 6.92 Å². The Morgan fingerprint density at radius 1 is 1.31 bits per heavy atom. The van der Waals surface area contributed by atoms with E-state index in [0.717, 1.165) is 19.5 Å². The molecule has 2 nitrogen and oxygen atoms in total. The van der Waals surface area contributed by atoms with Gasteiger partial charge in [-0.2, -0.15) is 0 Å². The molecule has 77 valence electrons. The van der Waals surface area contributed by atoms with Crippen LogP contribution in [0.5, 0.6) is 0 Å². The Bertz CT molecular complexity index is 157. The molecule has 13 heavy (non-hydrogen) atoms. The largest absolute Gasteiger partial charge is 0.373 e. The molecule has 2 atom stereocenters. The van der Waals surface area contributed by atoms with E-state index in [4.69, 9.17) is 4.74 Å². The SMILES string of the molecule is [CH2]CC(C)(C)N1CC(C)OC(C)C1. The van der Waals surface area contributed by atoms with Gasteiger partial charge >= 0.3 is 0 Å². The van der Waals surface area contributed by atoms with Crippen LogP contribution in [0.15, 0.2) is 0 Å². The third kappa shape index (κ3) is 2.68. The summed E-state index contributed by atoms with van der Waals surface area (Å²) in [6, 6.07) is 0. The summed E-state index contributed by atoms with van der Waals surface area (Å²) < 4.78 is 5.69. The van der Waals surface area contributed by atoms with Crippen LogP contribution in [0.25, 0.3) is 0 Å². The molecule has 0 aliphatic carbocycles. The summed E-state index contributed by atoms with van der Waals surface area (Å²) in [5, 5.41) is 0. The molecule has 1 aliphatic rings. The van der Waals surface area contributed by atoms with Crippen molar-refractivity contribution < 1.29 is 4.74 Å². The molecule has 2 unspecified atom stereocenters. The molecule has 1 rings (SSSR count). The standard InChI is InChI=1S/C11H22NO/c1-6-11(4,5)12-7-9(2)13-10(3)8-12/h9-10H,1,6-8H2,2-5H3. The molecule has 1 radical (unpaired) electrons. The van der Waals surface area contributed by atoms with E-state index < -0.39 is 0 Å². The molecule has 0 spiro atoms. The molecular formula is C11H22NO. The number of ether oxygens (including phenoxy) is 1. The topological polar surface area (TPSA) is 12.5 Å². The first-order valence-electron chi connectivity index (χ1n) is 5.15. The second kappa shape index (κ2) is 3.97. The maximum Gasteiger partial charge on any atom is 0.0678 e. The number of morpholine rings is 1. The van der Waals surface area contributed by atoms with Gasteiger partial charge in [-0.05, 0) is 34.1 Å². The molecular weight excluding hydrogens is 162 g/mol. The fraction of sp³-hybridized carbons (Fsp3) is 0.909. The van der Waals surface area contributed by atoms with Crippen molar-refractivity contribution >= 4 is 0 Å². The van der Waals surface area contributed by atoms with Crippen LogP contribution in [-0.4, -0.2) is 35.7 Å². The van der Waals surface area contributed by atoms with E-state index in [9.17, 15) is 0 Å². The maximum atomic E-state index is 5.69. The zero-order valence-electron chi connectivity index (χ0n) is 9.34. The van der Waals surface area contributed by atoms with Crippen molar-refractivity contribution in [3.8, 4) is 0 Å². The second-order valence-electron chi connectivity index (χ2n) is 4.72. The summed E-state index contributed by atoms with van der Waals surface area (Å²) in [4.78, 5) is 2.48. The molecule has 2 heteroatoms. The van der Waals surface area contributed by atoms with E-state index in [1.165, 1.54) is 0 Å². The molecule has 0 amide bonds. The van der Waals surface area contributed by atoms with Gasteiger partial charge in [0, 0.05) is 18.6 Å². The van der Waals surface area contributed by atoms with E-state index in [1.807, 2.05) is 0 Å². The van der Waals surface area contributed by atoms with Gasteiger partial charge < -0.3 is 4.74 Å². The van der Waals surface area contributed by atoms with E-state index in [2.05, 4.69) is 39.5 Å². The minimum absolute atomic E-state index is 0.215. The van der Waals surface area contributed by atoms with Crippen LogP contribution in [0, 0.1) is 6.92 Å². The third-order valence-corrected chi connectivity index (χ3v) is 2.89. The smallest absolute Gasteiger partial charge is 0.0678 e. The molecule has 1 aliphatic heterocycles. The molecule has 1 fully saturated rings. The highest BCUT2D eigenvalue weighted by atomic mass is 16.5. The van der Waals surface area contributed by atoms with Gasteiger partial charge in [0.05, 0.1) is 12.2 Å². The first-order chi connectivity index (χ1) is 5.95. The molecule has 0 N–H and O–H groups in total. The van der Waals surface area contributed by atoms with Crippen molar-refractivity contribution in [2.24, 2.45) is 0 Å². The maximum absolute atomic E-state index is 5.69. The van der Waals surface area contributed by atoms with Gasteiger partial charge in [0.15, 0.2) is 0 Å². The van der Waals surface area contributed by atoms with Crippen molar-refractivity contribution in [1.29, 1.82) is 0 Å². The molecule has 0 bridgehead atoms. The summed E-state index contributed by atoms with van der Waals surface area (Å²) in [6.07, 6.45) is 1.66. The van der Waals surface area contributed by atoms with Crippen molar-refractivity contribution in [2.45, 2.75) is 51.9 Å². The van der Waals surface area contributed by atoms with E-state index in [0.29, 0.717) is 12.2 Å². The fourth-order valence-corrected chi connectivity index (χ4v) is 1.83. The number of hydrogen-bond donors (Lipinski definition) is 0. The minimum Gasteiger partial charge on any atom is -0.373 e. The monoisotopic (exact) mass is 184 g/mol. The lowest BCUT2D eigenvalue weighted by atomic mass is 9.97. The molecule has 0 saturated carbocycles. The molecule has 0 aromatic rings. The van der Waals surface area contributed by atoms with Gasteiger partial charge in [0.25, 0.3) is 0 Å². The Hall–Kier alpha value is -0.0800. The number of rotatable bonds is 2. The average Bonchev–Trinajstić information content (AvgIpc) is 2.02. The third-order valence-electron chi connectivity index (χ3n) is 2.89. The van der Waals surface area contributed by atoms with Crippen LogP contribution in [0.1, 0.15) is 34.1 Å². The molecule has 0 aromatic heterocycles. The lowest BCUT2D eigenvalue weighted by Crippen LogP contribution is -2.54. The summed E-state index contributed by atoms with van der Waals surface area (Å²) in [5.74, 6) is 0. The lowest BCUT2D eigenvalue weighted by Gasteiger charge is -2.44. The van der Waals surface area contributed by atoms with Gasteiger partial charge in [0.1, 0.15) is 0 Å². The summed E-state index contributed by atoms with van der Waals surface area (Å²) in [7, 11) is 0. The zero-order chi connectivity index (χ0) is 10.1. The van der Waals surface area contributed by atoms with Crippen LogP contribution in [0.3, 0.4) is 0 Å². The lowest BCUT2D eigenvalue weighted by molar-refractivity contribution is -0.0952. The number of hydrogen-bond acceptors (Lipinski definition) is 2. The average molecular weight is 184 g/mol. The van der Waals surface area contributed by atoms with Crippen molar-refractivity contribution in [2.75, 3.05) is 13.1 Å². The van der Waals surface area contributed by atoms with E-state index >= 15 is 0 Å². The fourth-order valence-electron chi connectivity index (χ4n) is 1.83. The summed E-state index contributed by atoms with van der Waals surface area (Å²) in [5.41, 5.74) is 0.215. The normalized spacial score (nSPS) is 32.1. The van der Waals surface area contributed by atoms with E-state index in [-0.39, 0.29) is 5.54 Å². The Morgan fingerprint density at radius 3 is 2.15 bits per heavy atom. The predicted octanol–water partition coefficient (Wildman–Crippen LogP) is 2.10. The molecule has 1 heterocycles. The Labute approximate surface area is 82.3 Å². The minimum atomic E-state index is 0.215. The van der Waals surface area contributed by atoms with Crippen LogP contribution in [0.2, 0.25) is 0 Å². The van der Waals surface area contributed by atoms with Crippen molar-refractivity contribution in [3.05, 3.63) is 6.92 Å². The predicted molar refractivity (Wildman–Crippen MR) is 55.6 cm³/mol. The number of nitrogens with zero attached hydrogens (tertiary/aromatic N) is 1. The Morgan fingerprint density at radius 2 is 1.77 bits per heavy atom. The van der Waals surface area contributed by atoms with Crippen molar-refractivity contribution in [1.82, 2.24) is 4.90 Å². The second-order valence-corrected chi connectivity index (χ2v) is 4.72. The first kappa shape index (κ1) is 11.0. The first-order valence-corrected chi connectivity index (χ1v) is 5.15. The zero-order valence-corrected chi connectivity index (χ0v) is 9.34. The summed E-state index contributed by atoms with van der Waals surface area (Å²) in [6.45, 7) is 14.9. The van der Waals surface area contributed by atoms with Gasteiger partial charge in [0.2, 0.25) is 0 Å². The Balaban J connectivity index is 2.59. The van der Waals surface area contributed by atoms with Gasteiger partial charge in [-0.25, -0.2) is 0 Å². The van der Waals surface area contributed by atoms with Crippen molar-refractivity contribution in [3.63, 3.8) is 0 Å².